The Hall–Kier alpha value is -0.720. The maximum atomic E-state index is 11.7. The van der Waals surface area contributed by atoms with Crippen LogP contribution in [0.1, 0.15) is 0 Å². The van der Waals surface area contributed by atoms with Crippen molar-refractivity contribution in [2.45, 2.75) is 11.5 Å². The summed E-state index contributed by atoms with van der Waals surface area (Å²) in [4.78, 5) is 24.5. The molecule has 0 spiro atoms. The molecule has 0 bridgehead atoms. The molecule has 1 amide bonds. The number of nitrogens with zero attached hydrogens (tertiary/aromatic N) is 1. The Labute approximate surface area is 102 Å². The van der Waals surface area contributed by atoms with Gasteiger partial charge in [0.1, 0.15) is 11.1 Å². The Balaban J connectivity index is 2.30. The summed E-state index contributed by atoms with van der Waals surface area (Å²) in [6, 6.07) is 0. The van der Waals surface area contributed by atoms with Crippen LogP contribution in [0.2, 0.25) is 0 Å². The zero-order chi connectivity index (χ0) is 11.9. The van der Waals surface area contributed by atoms with Crippen LogP contribution in [0.5, 0.6) is 0 Å². The maximum absolute atomic E-state index is 11.7. The molecule has 5 nitrogen and oxygen atoms in total. The average molecular weight is 264 g/mol. The molecule has 0 aromatic carbocycles. The standard InChI is InChI=1S/C9H10ClNO4S/c1-14-6-7(12)11-5(9(13)15-2)4(10)3-16-8(6)11/h6,8H,3H2,1-2H3/t6-,8?/m1/s1. The highest BCUT2D eigenvalue weighted by Gasteiger charge is 2.54. The molecule has 2 rings (SSSR count). The summed E-state index contributed by atoms with van der Waals surface area (Å²) >= 11 is 7.40. The molecule has 0 saturated carbocycles. The van der Waals surface area contributed by atoms with Gasteiger partial charge in [0, 0.05) is 12.9 Å². The number of β-lactam (4-membered cyclic amide) rings is 1. The third-order valence-corrected chi connectivity index (χ3v) is 4.23. The van der Waals surface area contributed by atoms with Crippen LogP contribution in [-0.2, 0) is 19.1 Å². The maximum Gasteiger partial charge on any atom is 0.356 e. The zero-order valence-electron chi connectivity index (χ0n) is 8.73. The minimum atomic E-state index is -0.585. The SMILES string of the molecule is COC(=O)C1=C(Cl)CSC2[C@H](OC)C(=O)N12. The Morgan fingerprint density at radius 3 is 2.81 bits per heavy atom. The van der Waals surface area contributed by atoms with Crippen molar-refractivity contribution < 1.29 is 19.1 Å². The number of esters is 1. The van der Waals surface area contributed by atoms with Crippen LogP contribution in [0.15, 0.2) is 10.7 Å². The van der Waals surface area contributed by atoms with E-state index in [0.29, 0.717) is 10.8 Å². The number of carbonyl (C=O) groups excluding carboxylic acids is 2. The number of hydrogen-bond donors (Lipinski definition) is 0. The molecular weight excluding hydrogens is 254 g/mol. The predicted molar refractivity (Wildman–Crippen MR) is 58.8 cm³/mol. The van der Waals surface area contributed by atoms with Gasteiger partial charge < -0.3 is 9.47 Å². The molecule has 1 unspecified atom stereocenters. The summed E-state index contributed by atoms with van der Waals surface area (Å²) in [7, 11) is 2.73. The van der Waals surface area contributed by atoms with E-state index in [-0.39, 0.29) is 17.0 Å². The third kappa shape index (κ3) is 1.52. The van der Waals surface area contributed by atoms with E-state index in [0.717, 1.165) is 0 Å². The third-order valence-electron chi connectivity index (χ3n) is 2.51. The number of halogens is 1. The number of ether oxygens (including phenoxy) is 2. The first kappa shape index (κ1) is 11.8. The van der Waals surface area contributed by atoms with E-state index in [1.165, 1.54) is 30.9 Å². The van der Waals surface area contributed by atoms with Gasteiger partial charge in [-0.25, -0.2) is 4.79 Å². The van der Waals surface area contributed by atoms with Crippen molar-refractivity contribution in [2.75, 3.05) is 20.0 Å². The fraction of sp³-hybridized carbons (Fsp3) is 0.556. The van der Waals surface area contributed by atoms with Gasteiger partial charge in [-0.05, 0) is 0 Å². The summed E-state index contributed by atoms with van der Waals surface area (Å²) in [6.07, 6.45) is -0.491. The molecule has 88 valence electrons. The second kappa shape index (κ2) is 4.27. The van der Waals surface area contributed by atoms with Gasteiger partial charge in [0.15, 0.2) is 6.10 Å². The van der Waals surface area contributed by atoms with Crippen LogP contribution in [-0.4, -0.2) is 48.2 Å². The van der Waals surface area contributed by atoms with Gasteiger partial charge in [-0.1, -0.05) is 11.6 Å². The minimum Gasteiger partial charge on any atom is -0.464 e. The van der Waals surface area contributed by atoms with Crippen LogP contribution in [0.3, 0.4) is 0 Å². The fourth-order valence-corrected chi connectivity index (χ4v) is 3.29. The highest BCUT2D eigenvalue weighted by molar-refractivity contribution is 8.00. The minimum absolute atomic E-state index is 0.145. The molecule has 0 aromatic rings. The number of fused-ring (bicyclic) bond motifs is 1. The van der Waals surface area contributed by atoms with Gasteiger partial charge in [0.05, 0.1) is 12.1 Å². The molecular formula is C9H10ClNO4S. The summed E-state index contributed by atoms with van der Waals surface area (Å²) < 4.78 is 9.64. The Morgan fingerprint density at radius 2 is 2.25 bits per heavy atom. The molecule has 0 radical (unpaired) electrons. The van der Waals surface area contributed by atoms with Crippen molar-refractivity contribution in [3.05, 3.63) is 10.7 Å². The van der Waals surface area contributed by atoms with Crippen LogP contribution in [0.4, 0.5) is 0 Å². The predicted octanol–water partition coefficient (Wildman–Crippen LogP) is 0.540. The topological polar surface area (TPSA) is 55.8 Å². The zero-order valence-corrected chi connectivity index (χ0v) is 10.3. The first-order valence-electron chi connectivity index (χ1n) is 4.56. The van der Waals surface area contributed by atoms with Gasteiger partial charge >= 0.3 is 5.97 Å². The van der Waals surface area contributed by atoms with Crippen LogP contribution in [0, 0.1) is 0 Å². The average Bonchev–Trinajstić information content (AvgIpc) is 2.29. The summed E-state index contributed by atoms with van der Waals surface area (Å²) in [5.41, 5.74) is 0.145. The van der Waals surface area contributed by atoms with Crippen molar-refractivity contribution in [1.82, 2.24) is 4.90 Å². The normalized spacial score (nSPS) is 28.7. The lowest BCUT2D eigenvalue weighted by Gasteiger charge is -2.48. The van der Waals surface area contributed by atoms with Gasteiger partial charge in [-0.15, -0.1) is 11.8 Å². The lowest BCUT2D eigenvalue weighted by molar-refractivity contribution is -0.162. The van der Waals surface area contributed by atoms with Gasteiger partial charge in [-0.2, -0.15) is 0 Å². The van der Waals surface area contributed by atoms with Gasteiger partial charge in [-0.3, -0.25) is 9.69 Å². The number of methoxy groups -OCH3 is 2. The quantitative estimate of drug-likeness (QED) is 0.538. The fourth-order valence-electron chi connectivity index (χ4n) is 1.72. The van der Waals surface area contributed by atoms with Crippen molar-refractivity contribution in [2.24, 2.45) is 0 Å². The molecule has 2 heterocycles. The van der Waals surface area contributed by atoms with Crippen molar-refractivity contribution in [3.63, 3.8) is 0 Å². The van der Waals surface area contributed by atoms with E-state index < -0.39 is 12.1 Å². The molecule has 7 heteroatoms. The smallest absolute Gasteiger partial charge is 0.356 e. The highest BCUT2D eigenvalue weighted by Crippen LogP contribution is 2.42. The number of thioether (sulfide) groups is 1. The molecule has 0 aromatic heterocycles. The molecule has 16 heavy (non-hydrogen) atoms. The van der Waals surface area contributed by atoms with Gasteiger partial charge in [0.2, 0.25) is 0 Å². The Morgan fingerprint density at radius 1 is 1.56 bits per heavy atom. The van der Waals surface area contributed by atoms with E-state index in [4.69, 9.17) is 16.3 Å². The molecule has 2 aliphatic heterocycles. The molecule has 1 saturated heterocycles. The summed E-state index contributed by atoms with van der Waals surface area (Å²) in [5, 5.41) is 0.171. The lowest BCUT2D eigenvalue weighted by atomic mass is 10.1. The number of hydrogen-bond acceptors (Lipinski definition) is 5. The molecule has 1 fully saturated rings. The second-order valence-electron chi connectivity index (χ2n) is 3.31. The number of amides is 1. The monoisotopic (exact) mass is 263 g/mol. The van der Waals surface area contributed by atoms with E-state index in [2.05, 4.69) is 4.74 Å². The van der Waals surface area contributed by atoms with Crippen molar-refractivity contribution in [3.8, 4) is 0 Å². The van der Waals surface area contributed by atoms with Crippen molar-refractivity contribution in [1.29, 1.82) is 0 Å². The molecule has 0 aliphatic carbocycles. The highest BCUT2D eigenvalue weighted by atomic mass is 35.5. The largest absolute Gasteiger partial charge is 0.464 e. The van der Waals surface area contributed by atoms with Gasteiger partial charge in [0.25, 0.3) is 5.91 Å². The number of rotatable bonds is 2. The first-order valence-corrected chi connectivity index (χ1v) is 5.99. The first-order chi connectivity index (χ1) is 7.61. The second-order valence-corrected chi connectivity index (χ2v) is 4.87. The van der Waals surface area contributed by atoms with Crippen molar-refractivity contribution >= 4 is 35.2 Å². The van der Waals surface area contributed by atoms with E-state index in [9.17, 15) is 9.59 Å². The van der Waals surface area contributed by atoms with Crippen LogP contribution < -0.4 is 0 Å². The molecule has 2 atom stereocenters. The van der Waals surface area contributed by atoms with Crippen LogP contribution >= 0.6 is 23.4 Å². The Kier molecular flexibility index (Phi) is 3.14. The van der Waals surface area contributed by atoms with Crippen LogP contribution in [0.25, 0.3) is 0 Å². The number of carbonyl (C=O) groups is 2. The van der Waals surface area contributed by atoms with E-state index in [1.54, 1.807) is 0 Å². The lowest BCUT2D eigenvalue weighted by Crippen LogP contribution is -2.65. The summed E-state index contributed by atoms with van der Waals surface area (Å²) in [6.45, 7) is 0. The Bertz CT molecular complexity index is 384. The van der Waals surface area contributed by atoms with E-state index in [1.807, 2.05) is 0 Å². The molecule has 0 N–H and O–H groups in total. The summed E-state index contributed by atoms with van der Waals surface area (Å²) in [5.74, 6) is -0.350. The van der Waals surface area contributed by atoms with E-state index >= 15 is 0 Å². The molecule has 2 aliphatic rings.